The third-order valence-electron chi connectivity index (χ3n) is 3.55. The maximum absolute atomic E-state index is 11.5. The molecule has 1 aliphatic heterocycles. The highest BCUT2D eigenvalue weighted by Gasteiger charge is 2.24. The van der Waals surface area contributed by atoms with Crippen LogP contribution in [0.3, 0.4) is 0 Å². The van der Waals surface area contributed by atoms with E-state index in [0.29, 0.717) is 16.9 Å². The summed E-state index contributed by atoms with van der Waals surface area (Å²) in [7, 11) is 0. The van der Waals surface area contributed by atoms with Crippen molar-refractivity contribution in [1.29, 1.82) is 0 Å². The van der Waals surface area contributed by atoms with Gasteiger partial charge in [0.05, 0.1) is 16.9 Å². The molecular weight excluding hydrogens is 256 g/mol. The smallest absolute Gasteiger partial charge is 0.250 e. The standard InChI is InChI=1S/C14H20N4O2/c1-9(19)17-10-5-7-18(8-6-10)13-11(14(16)20)3-2-4-12(13)15/h2-4,10H,5-8,15H2,1H3,(H2,16,20)(H,17,19). The first-order chi connectivity index (χ1) is 9.49. The molecule has 1 fully saturated rings. The van der Waals surface area contributed by atoms with Crippen molar-refractivity contribution in [3.8, 4) is 0 Å². The van der Waals surface area contributed by atoms with Gasteiger partial charge in [0.1, 0.15) is 0 Å². The summed E-state index contributed by atoms with van der Waals surface area (Å²) in [5.41, 5.74) is 13.1. The fraction of sp³-hybridized carbons (Fsp3) is 0.429. The number of primary amides is 1. The molecule has 1 saturated heterocycles. The monoisotopic (exact) mass is 276 g/mol. The minimum absolute atomic E-state index is 0.0134. The fourth-order valence-corrected chi connectivity index (χ4v) is 2.65. The minimum atomic E-state index is -0.476. The van der Waals surface area contributed by atoms with Gasteiger partial charge >= 0.3 is 0 Å². The summed E-state index contributed by atoms with van der Waals surface area (Å²) in [4.78, 5) is 24.6. The largest absolute Gasteiger partial charge is 0.397 e. The van der Waals surface area contributed by atoms with Crippen LogP contribution in [0, 0.1) is 0 Å². The molecule has 0 radical (unpaired) electrons. The Hall–Kier alpha value is -2.24. The van der Waals surface area contributed by atoms with Gasteiger partial charge in [0.15, 0.2) is 0 Å². The maximum atomic E-state index is 11.5. The molecule has 0 unspecified atom stereocenters. The fourth-order valence-electron chi connectivity index (χ4n) is 2.65. The molecule has 0 spiro atoms. The first-order valence-electron chi connectivity index (χ1n) is 6.69. The van der Waals surface area contributed by atoms with Crippen molar-refractivity contribution in [2.45, 2.75) is 25.8 Å². The van der Waals surface area contributed by atoms with Gasteiger partial charge in [-0.25, -0.2) is 0 Å². The third-order valence-corrected chi connectivity index (χ3v) is 3.55. The third kappa shape index (κ3) is 3.01. The van der Waals surface area contributed by atoms with Crippen molar-refractivity contribution in [3.05, 3.63) is 23.8 Å². The number of hydrogen-bond acceptors (Lipinski definition) is 4. The first-order valence-corrected chi connectivity index (χ1v) is 6.69. The molecule has 20 heavy (non-hydrogen) atoms. The lowest BCUT2D eigenvalue weighted by atomic mass is 10.0. The number of nitrogens with one attached hydrogen (secondary N) is 1. The Morgan fingerprint density at radius 1 is 1.30 bits per heavy atom. The molecule has 6 nitrogen and oxygen atoms in total. The Morgan fingerprint density at radius 2 is 1.95 bits per heavy atom. The predicted octanol–water partition coefficient (Wildman–Crippen LogP) is 0.473. The summed E-state index contributed by atoms with van der Waals surface area (Å²) >= 11 is 0. The highest BCUT2D eigenvalue weighted by atomic mass is 16.1. The van der Waals surface area contributed by atoms with Crippen LogP contribution in [0.4, 0.5) is 11.4 Å². The molecule has 1 aromatic rings. The maximum Gasteiger partial charge on any atom is 0.250 e. The summed E-state index contributed by atoms with van der Waals surface area (Å²) in [6, 6.07) is 5.37. The van der Waals surface area contributed by atoms with Gasteiger partial charge in [-0.1, -0.05) is 6.07 Å². The summed E-state index contributed by atoms with van der Waals surface area (Å²) < 4.78 is 0. The predicted molar refractivity (Wildman–Crippen MR) is 78.4 cm³/mol. The molecule has 108 valence electrons. The number of nitrogens with zero attached hydrogens (tertiary/aromatic N) is 1. The minimum Gasteiger partial charge on any atom is -0.397 e. The quantitative estimate of drug-likeness (QED) is 0.698. The van der Waals surface area contributed by atoms with E-state index in [9.17, 15) is 9.59 Å². The van der Waals surface area contributed by atoms with Crippen LogP contribution < -0.4 is 21.7 Å². The lowest BCUT2D eigenvalue weighted by Crippen LogP contribution is -2.44. The van der Waals surface area contributed by atoms with E-state index in [1.807, 2.05) is 0 Å². The molecule has 0 saturated carbocycles. The second kappa shape index (κ2) is 5.81. The van der Waals surface area contributed by atoms with Crippen molar-refractivity contribution in [1.82, 2.24) is 5.32 Å². The van der Waals surface area contributed by atoms with E-state index in [4.69, 9.17) is 11.5 Å². The van der Waals surface area contributed by atoms with Gasteiger partial charge in [0, 0.05) is 26.1 Å². The van der Waals surface area contributed by atoms with Gasteiger partial charge in [0.25, 0.3) is 5.91 Å². The second-order valence-electron chi connectivity index (χ2n) is 5.07. The lowest BCUT2D eigenvalue weighted by molar-refractivity contribution is -0.119. The number of amides is 2. The Kier molecular flexibility index (Phi) is 4.12. The summed E-state index contributed by atoms with van der Waals surface area (Å²) in [6.45, 7) is 2.99. The Balaban J connectivity index is 2.14. The zero-order valence-electron chi connectivity index (χ0n) is 11.6. The molecule has 2 rings (SSSR count). The van der Waals surface area contributed by atoms with Crippen molar-refractivity contribution < 1.29 is 9.59 Å². The number of hydrogen-bond donors (Lipinski definition) is 3. The summed E-state index contributed by atoms with van der Waals surface area (Å²) in [5.74, 6) is -0.489. The molecule has 6 heteroatoms. The summed E-state index contributed by atoms with van der Waals surface area (Å²) in [6.07, 6.45) is 1.65. The van der Waals surface area contributed by atoms with Crippen LogP contribution in [0.5, 0.6) is 0 Å². The molecule has 1 aliphatic rings. The number of rotatable bonds is 3. The van der Waals surface area contributed by atoms with E-state index in [0.717, 1.165) is 25.9 Å². The Labute approximate surface area is 118 Å². The molecule has 1 heterocycles. The van der Waals surface area contributed by atoms with E-state index in [-0.39, 0.29) is 11.9 Å². The zero-order chi connectivity index (χ0) is 14.7. The van der Waals surface area contributed by atoms with Gasteiger partial charge in [0.2, 0.25) is 5.91 Å². The Bertz CT molecular complexity index is 522. The first kappa shape index (κ1) is 14.2. The average Bonchev–Trinajstić information content (AvgIpc) is 2.39. The molecule has 0 atom stereocenters. The molecule has 0 aliphatic carbocycles. The molecule has 0 bridgehead atoms. The molecule has 1 aromatic carbocycles. The van der Waals surface area contributed by atoms with E-state index in [1.54, 1.807) is 18.2 Å². The number of nitrogen functional groups attached to an aromatic ring is 1. The van der Waals surface area contributed by atoms with Gasteiger partial charge in [-0.05, 0) is 25.0 Å². The SMILES string of the molecule is CC(=O)NC1CCN(c2c(N)cccc2C(N)=O)CC1. The van der Waals surface area contributed by atoms with Crippen LogP contribution in [0.25, 0.3) is 0 Å². The normalized spacial score (nSPS) is 15.9. The van der Waals surface area contributed by atoms with Crippen LogP contribution in [-0.2, 0) is 4.79 Å². The molecular formula is C14H20N4O2. The van der Waals surface area contributed by atoms with E-state index in [2.05, 4.69) is 10.2 Å². The molecule has 0 aromatic heterocycles. The van der Waals surface area contributed by atoms with Crippen molar-refractivity contribution in [2.24, 2.45) is 5.73 Å². The number of piperidine rings is 1. The van der Waals surface area contributed by atoms with Crippen LogP contribution >= 0.6 is 0 Å². The van der Waals surface area contributed by atoms with E-state index in [1.165, 1.54) is 6.92 Å². The highest BCUT2D eigenvalue weighted by molar-refractivity contribution is 6.01. The second-order valence-corrected chi connectivity index (χ2v) is 5.07. The lowest BCUT2D eigenvalue weighted by Gasteiger charge is -2.35. The van der Waals surface area contributed by atoms with Crippen molar-refractivity contribution >= 4 is 23.2 Å². The number of para-hydroxylation sites is 1. The van der Waals surface area contributed by atoms with E-state index < -0.39 is 5.91 Å². The Morgan fingerprint density at radius 3 is 2.50 bits per heavy atom. The number of anilines is 2. The van der Waals surface area contributed by atoms with Gasteiger partial charge in [-0.2, -0.15) is 0 Å². The van der Waals surface area contributed by atoms with Gasteiger partial charge in [-0.15, -0.1) is 0 Å². The van der Waals surface area contributed by atoms with Crippen LogP contribution in [0.15, 0.2) is 18.2 Å². The van der Waals surface area contributed by atoms with Crippen LogP contribution in [-0.4, -0.2) is 30.9 Å². The summed E-state index contributed by atoms with van der Waals surface area (Å²) in [5, 5.41) is 2.92. The van der Waals surface area contributed by atoms with Gasteiger partial charge < -0.3 is 21.7 Å². The van der Waals surface area contributed by atoms with Gasteiger partial charge in [-0.3, -0.25) is 9.59 Å². The average molecular weight is 276 g/mol. The molecule has 5 N–H and O–H groups in total. The zero-order valence-corrected chi connectivity index (χ0v) is 11.6. The van der Waals surface area contributed by atoms with Crippen molar-refractivity contribution in [2.75, 3.05) is 23.7 Å². The number of carbonyl (C=O) groups is 2. The van der Waals surface area contributed by atoms with Crippen LogP contribution in [0.1, 0.15) is 30.1 Å². The number of benzene rings is 1. The highest BCUT2D eigenvalue weighted by Crippen LogP contribution is 2.30. The van der Waals surface area contributed by atoms with E-state index >= 15 is 0 Å². The van der Waals surface area contributed by atoms with Crippen molar-refractivity contribution in [3.63, 3.8) is 0 Å². The topological polar surface area (TPSA) is 101 Å². The number of carbonyl (C=O) groups excluding carboxylic acids is 2. The number of nitrogens with two attached hydrogens (primary N) is 2. The van der Waals surface area contributed by atoms with Crippen LogP contribution in [0.2, 0.25) is 0 Å². The molecule has 2 amide bonds.